The van der Waals surface area contributed by atoms with Gasteiger partial charge in [-0.05, 0) is 30.4 Å². The van der Waals surface area contributed by atoms with Crippen LogP contribution >= 0.6 is 0 Å². The molecule has 0 bridgehead atoms. The number of carbonyl (C=O) groups is 1. The fourth-order valence-corrected chi connectivity index (χ4v) is 2.23. The Morgan fingerprint density at radius 1 is 1.42 bits per heavy atom. The molecular formula is C14H12FNO3. The minimum atomic E-state index is -0.727. The molecule has 0 atom stereocenters. The summed E-state index contributed by atoms with van der Waals surface area (Å²) in [7, 11) is 1.20. The number of carbonyl (C=O) groups excluding carboxylic acids is 1. The third-order valence-corrected chi connectivity index (χ3v) is 3.41. The van der Waals surface area contributed by atoms with Crippen LogP contribution in [0.3, 0.4) is 0 Å². The first-order chi connectivity index (χ1) is 9.11. The molecule has 1 heterocycles. The molecular weight excluding hydrogens is 249 g/mol. The van der Waals surface area contributed by atoms with Crippen molar-refractivity contribution < 1.29 is 13.9 Å². The summed E-state index contributed by atoms with van der Waals surface area (Å²) < 4.78 is 18.8. The molecule has 1 aliphatic rings. The number of H-pyrrole nitrogens is 1. The van der Waals surface area contributed by atoms with E-state index in [0.717, 1.165) is 12.8 Å². The maximum Gasteiger partial charge on any atom is 0.343 e. The average molecular weight is 261 g/mol. The predicted molar refractivity (Wildman–Crippen MR) is 67.8 cm³/mol. The third-order valence-electron chi connectivity index (χ3n) is 3.41. The number of ether oxygens (including phenoxy) is 1. The number of hydrogen-bond acceptors (Lipinski definition) is 3. The van der Waals surface area contributed by atoms with Gasteiger partial charge in [-0.2, -0.15) is 0 Å². The molecule has 3 rings (SSSR count). The lowest BCUT2D eigenvalue weighted by molar-refractivity contribution is 0.0599. The second-order valence-electron chi connectivity index (χ2n) is 4.71. The molecule has 0 radical (unpaired) electrons. The van der Waals surface area contributed by atoms with Crippen LogP contribution in [0.5, 0.6) is 0 Å². The molecule has 98 valence electrons. The lowest BCUT2D eigenvalue weighted by Gasteiger charge is -2.06. The first kappa shape index (κ1) is 11.9. The summed E-state index contributed by atoms with van der Waals surface area (Å²) >= 11 is 0. The smallest absolute Gasteiger partial charge is 0.343 e. The number of aromatic nitrogens is 1. The van der Waals surface area contributed by atoms with Crippen LogP contribution in [0.1, 0.15) is 34.7 Å². The van der Waals surface area contributed by atoms with E-state index in [0.29, 0.717) is 10.9 Å². The molecule has 1 saturated carbocycles. The molecule has 0 unspecified atom stereocenters. The molecule has 1 fully saturated rings. The number of hydrogen-bond donors (Lipinski definition) is 1. The summed E-state index contributed by atoms with van der Waals surface area (Å²) in [6.07, 6.45) is 1.96. The highest BCUT2D eigenvalue weighted by Gasteiger charge is 2.27. The normalized spacial score (nSPS) is 14.6. The Bertz CT molecular complexity index is 731. The van der Waals surface area contributed by atoms with Gasteiger partial charge in [0.2, 0.25) is 0 Å². The van der Waals surface area contributed by atoms with Crippen molar-refractivity contribution in [2.75, 3.05) is 7.11 Å². The monoisotopic (exact) mass is 261 g/mol. The van der Waals surface area contributed by atoms with Crippen molar-refractivity contribution in [3.8, 4) is 0 Å². The molecule has 4 nitrogen and oxygen atoms in total. The van der Waals surface area contributed by atoms with Crippen LogP contribution in [0.4, 0.5) is 4.39 Å². The van der Waals surface area contributed by atoms with Crippen molar-refractivity contribution in [3.05, 3.63) is 45.5 Å². The zero-order valence-corrected chi connectivity index (χ0v) is 10.3. The SMILES string of the molecule is COC(=O)c1cc2ccc(C3CC3)c(F)c2[nH]c1=O. The zero-order valence-electron chi connectivity index (χ0n) is 10.3. The number of fused-ring (bicyclic) bond motifs is 1. The quantitative estimate of drug-likeness (QED) is 0.844. The Balaban J connectivity index is 2.23. The molecule has 1 aromatic heterocycles. The maximum atomic E-state index is 14.3. The standard InChI is InChI=1S/C14H12FNO3/c1-19-14(18)10-6-8-4-5-9(7-2-3-7)11(15)12(8)16-13(10)17/h4-7H,2-3H2,1H3,(H,16,17). The van der Waals surface area contributed by atoms with Gasteiger partial charge in [0.25, 0.3) is 5.56 Å². The van der Waals surface area contributed by atoms with E-state index in [9.17, 15) is 14.0 Å². The van der Waals surface area contributed by atoms with Gasteiger partial charge in [-0.3, -0.25) is 4.79 Å². The lowest BCUT2D eigenvalue weighted by Crippen LogP contribution is -2.19. The number of pyridine rings is 1. The molecule has 0 saturated heterocycles. The summed E-state index contributed by atoms with van der Waals surface area (Å²) in [5.41, 5.74) is 0.0378. The Hall–Kier alpha value is -2.17. The van der Waals surface area contributed by atoms with Crippen LogP contribution in [-0.2, 0) is 4.74 Å². The van der Waals surface area contributed by atoms with E-state index in [1.807, 2.05) is 0 Å². The number of esters is 1. The highest BCUT2D eigenvalue weighted by molar-refractivity contribution is 5.93. The van der Waals surface area contributed by atoms with Gasteiger partial charge < -0.3 is 9.72 Å². The van der Waals surface area contributed by atoms with Crippen molar-refractivity contribution in [2.24, 2.45) is 0 Å². The van der Waals surface area contributed by atoms with E-state index < -0.39 is 17.3 Å². The van der Waals surface area contributed by atoms with Gasteiger partial charge in [-0.1, -0.05) is 12.1 Å². The molecule has 0 aliphatic heterocycles. The zero-order chi connectivity index (χ0) is 13.6. The number of nitrogens with one attached hydrogen (secondary N) is 1. The number of halogens is 1. The molecule has 1 N–H and O–H groups in total. The fourth-order valence-electron chi connectivity index (χ4n) is 2.23. The summed E-state index contributed by atoms with van der Waals surface area (Å²) in [5.74, 6) is -0.864. The van der Waals surface area contributed by atoms with Gasteiger partial charge in [0.15, 0.2) is 5.82 Å². The first-order valence-electron chi connectivity index (χ1n) is 6.05. The Morgan fingerprint density at radius 3 is 2.79 bits per heavy atom. The van der Waals surface area contributed by atoms with E-state index in [2.05, 4.69) is 9.72 Å². The van der Waals surface area contributed by atoms with Crippen molar-refractivity contribution in [1.82, 2.24) is 4.98 Å². The molecule has 0 spiro atoms. The van der Waals surface area contributed by atoms with Crippen molar-refractivity contribution >= 4 is 16.9 Å². The van der Waals surface area contributed by atoms with E-state index in [4.69, 9.17) is 0 Å². The Labute approximate surface area is 108 Å². The van der Waals surface area contributed by atoms with Gasteiger partial charge >= 0.3 is 5.97 Å². The summed E-state index contributed by atoms with van der Waals surface area (Å²) in [6.45, 7) is 0. The van der Waals surface area contributed by atoms with Crippen molar-refractivity contribution in [2.45, 2.75) is 18.8 Å². The van der Waals surface area contributed by atoms with E-state index in [1.54, 1.807) is 12.1 Å². The number of benzene rings is 1. The minimum Gasteiger partial charge on any atom is -0.465 e. The van der Waals surface area contributed by atoms with Crippen LogP contribution in [0.15, 0.2) is 23.0 Å². The average Bonchev–Trinajstić information content (AvgIpc) is 3.23. The first-order valence-corrected chi connectivity index (χ1v) is 6.05. The summed E-state index contributed by atoms with van der Waals surface area (Å²) in [5, 5.41) is 0.488. The second-order valence-corrected chi connectivity index (χ2v) is 4.71. The topological polar surface area (TPSA) is 59.2 Å². The molecule has 2 aromatic rings. The highest BCUT2D eigenvalue weighted by atomic mass is 19.1. The lowest BCUT2D eigenvalue weighted by atomic mass is 10.1. The minimum absolute atomic E-state index is 0.117. The van der Waals surface area contributed by atoms with Crippen molar-refractivity contribution in [3.63, 3.8) is 0 Å². The summed E-state index contributed by atoms with van der Waals surface area (Å²) in [6, 6.07) is 4.79. The second kappa shape index (κ2) is 4.19. The van der Waals surface area contributed by atoms with Crippen LogP contribution in [-0.4, -0.2) is 18.1 Å². The fraction of sp³-hybridized carbons (Fsp3) is 0.286. The number of rotatable bonds is 2. The van der Waals surface area contributed by atoms with Gasteiger partial charge in [0.1, 0.15) is 5.56 Å². The molecule has 19 heavy (non-hydrogen) atoms. The molecule has 1 aromatic carbocycles. The van der Waals surface area contributed by atoms with Gasteiger partial charge in [-0.15, -0.1) is 0 Å². The largest absolute Gasteiger partial charge is 0.465 e. The van der Waals surface area contributed by atoms with Crippen molar-refractivity contribution in [1.29, 1.82) is 0 Å². The summed E-state index contributed by atoms with van der Waals surface area (Å²) in [4.78, 5) is 25.6. The Kier molecular flexibility index (Phi) is 2.62. The molecule has 0 amide bonds. The van der Waals surface area contributed by atoms with Gasteiger partial charge in [0.05, 0.1) is 12.6 Å². The number of aromatic amines is 1. The number of methoxy groups -OCH3 is 1. The van der Waals surface area contributed by atoms with E-state index in [-0.39, 0.29) is 17.0 Å². The Morgan fingerprint density at radius 2 is 2.16 bits per heavy atom. The van der Waals surface area contributed by atoms with E-state index in [1.165, 1.54) is 13.2 Å². The highest BCUT2D eigenvalue weighted by Crippen LogP contribution is 2.42. The van der Waals surface area contributed by atoms with Crippen LogP contribution in [0, 0.1) is 5.82 Å². The van der Waals surface area contributed by atoms with E-state index >= 15 is 0 Å². The maximum absolute atomic E-state index is 14.3. The predicted octanol–water partition coefficient (Wildman–Crippen LogP) is 2.33. The molecule has 1 aliphatic carbocycles. The molecule has 5 heteroatoms. The van der Waals surface area contributed by atoms with Gasteiger partial charge in [-0.25, -0.2) is 9.18 Å². The van der Waals surface area contributed by atoms with Crippen LogP contribution < -0.4 is 5.56 Å². The van der Waals surface area contributed by atoms with Crippen LogP contribution in [0.2, 0.25) is 0 Å². The van der Waals surface area contributed by atoms with Gasteiger partial charge in [0, 0.05) is 5.39 Å². The third kappa shape index (κ3) is 1.91. The van der Waals surface area contributed by atoms with Crippen LogP contribution in [0.25, 0.3) is 10.9 Å².